The van der Waals surface area contributed by atoms with Crippen molar-refractivity contribution in [2.45, 2.75) is 46.1 Å². The van der Waals surface area contributed by atoms with E-state index in [1.54, 1.807) is 0 Å². The molecule has 2 saturated heterocycles. The third kappa shape index (κ3) is 3.96. The molecule has 0 unspecified atom stereocenters. The van der Waals surface area contributed by atoms with E-state index in [2.05, 4.69) is 41.8 Å². The van der Waals surface area contributed by atoms with Crippen LogP contribution in [0, 0.1) is 19.3 Å². The molecule has 0 atom stereocenters. The fourth-order valence-corrected chi connectivity index (χ4v) is 4.29. The molecule has 0 radical (unpaired) electrons. The minimum Gasteiger partial charge on any atom is -0.396 e. The lowest BCUT2D eigenvalue weighted by Crippen LogP contribution is -2.47. The molecule has 23 heavy (non-hydrogen) atoms. The molecule has 1 N–H and O–H groups in total. The zero-order valence-electron chi connectivity index (χ0n) is 14.9. The number of piperidine rings is 1. The van der Waals surface area contributed by atoms with E-state index in [9.17, 15) is 5.11 Å². The first-order valence-corrected chi connectivity index (χ1v) is 9.23. The molecule has 2 aliphatic rings. The first-order valence-electron chi connectivity index (χ1n) is 9.23. The Kier molecular flexibility index (Phi) is 5.40. The molecular weight excluding hydrogens is 284 g/mol. The van der Waals surface area contributed by atoms with Gasteiger partial charge in [0.2, 0.25) is 0 Å². The molecule has 2 aliphatic heterocycles. The predicted octanol–water partition coefficient (Wildman–Crippen LogP) is 2.97. The molecule has 0 aliphatic carbocycles. The molecule has 2 heterocycles. The van der Waals surface area contributed by atoms with Crippen LogP contribution in [-0.4, -0.2) is 54.2 Å². The van der Waals surface area contributed by atoms with Gasteiger partial charge in [0.05, 0.1) is 6.61 Å². The van der Waals surface area contributed by atoms with E-state index in [0.717, 1.165) is 39.0 Å². The van der Waals surface area contributed by atoms with Gasteiger partial charge in [-0.15, -0.1) is 0 Å². The van der Waals surface area contributed by atoms with Crippen LogP contribution in [0.15, 0.2) is 18.2 Å². The Balaban J connectivity index is 1.58. The van der Waals surface area contributed by atoms with Gasteiger partial charge in [-0.25, -0.2) is 0 Å². The highest BCUT2D eigenvalue weighted by Gasteiger charge is 2.36. The summed E-state index contributed by atoms with van der Waals surface area (Å²) in [5.41, 5.74) is 4.44. The standard InChI is InChI=1S/C20H32N2O/c1-17-6-5-7-18(2)19(17)14-21-12-8-20(16-23,9-13-21)15-22-10-3-4-11-22/h5-7,23H,3-4,8-16H2,1-2H3. The Morgan fingerprint density at radius 3 is 2.13 bits per heavy atom. The lowest BCUT2D eigenvalue weighted by molar-refractivity contribution is 0.0164. The maximum atomic E-state index is 10.0. The van der Waals surface area contributed by atoms with Crippen molar-refractivity contribution in [3.8, 4) is 0 Å². The van der Waals surface area contributed by atoms with Crippen molar-refractivity contribution < 1.29 is 5.11 Å². The Labute approximate surface area is 141 Å². The highest BCUT2D eigenvalue weighted by molar-refractivity contribution is 5.33. The van der Waals surface area contributed by atoms with Crippen LogP contribution in [0.25, 0.3) is 0 Å². The molecule has 2 fully saturated rings. The highest BCUT2D eigenvalue weighted by Crippen LogP contribution is 2.34. The third-order valence-corrected chi connectivity index (χ3v) is 6.04. The molecule has 0 saturated carbocycles. The summed E-state index contributed by atoms with van der Waals surface area (Å²) in [5.74, 6) is 0. The topological polar surface area (TPSA) is 26.7 Å². The van der Waals surface area contributed by atoms with E-state index < -0.39 is 0 Å². The van der Waals surface area contributed by atoms with Gasteiger partial charge in [0.15, 0.2) is 0 Å². The summed E-state index contributed by atoms with van der Waals surface area (Å²) in [7, 11) is 0. The molecule has 0 spiro atoms. The van der Waals surface area contributed by atoms with E-state index in [0.29, 0.717) is 6.61 Å². The Bertz CT molecular complexity index is 494. The van der Waals surface area contributed by atoms with Gasteiger partial charge >= 0.3 is 0 Å². The number of likely N-dealkylation sites (tertiary alicyclic amines) is 2. The Morgan fingerprint density at radius 1 is 0.957 bits per heavy atom. The molecule has 1 aromatic rings. The minimum atomic E-state index is 0.140. The summed E-state index contributed by atoms with van der Waals surface area (Å²) in [4.78, 5) is 5.14. The molecule has 3 rings (SSSR count). The SMILES string of the molecule is Cc1cccc(C)c1CN1CCC(CO)(CN2CCCC2)CC1. The number of benzene rings is 1. The number of hydrogen-bond acceptors (Lipinski definition) is 3. The van der Waals surface area contributed by atoms with E-state index in [4.69, 9.17) is 0 Å². The smallest absolute Gasteiger partial charge is 0.0500 e. The number of rotatable bonds is 5. The average molecular weight is 316 g/mol. The summed E-state index contributed by atoms with van der Waals surface area (Å²) in [5, 5.41) is 10.0. The van der Waals surface area contributed by atoms with E-state index in [1.807, 2.05) is 0 Å². The molecule has 0 amide bonds. The van der Waals surface area contributed by atoms with Crippen molar-refractivity contribution in [2.24, 2.45) is 5.41 Å². The quantitative estimate of drug-likeness (QED) is 0.905. The second-order valence-corrected chi connectivity index (χ2v) is 7.79. The van der Waals surface area contributed by atoms with Gasteiger partial charge in [-0.3, -0.25) is 4.90 Å². The molecule has 0 bridgehead atoms. The van der Waals surface area contributed by atoms with Crippen molar-refractivity contribution >= 4 is 0 Å². The second-order valence-electron chi connectivity index (χ2n) is 7.79. The number of aliphatic hydroxyl groups excluding tert-OH is 1. The summed E-state index contributed by atoms with van der Waals surface area (Å²) in [6.07, 6.45) is 4.93. The lowest BCUT2D eigenvalue weighted by atomic mass is 9.78. The van der Waals surface area contributed by atoms with Gasteiger partial charge in [0, 0.05) is 18.5 Å². The summed E-state index contributed by atoms with van der Waals surface area (Å²) in [6, 6.07) is 6.59. The fourth-order valence-electron chi connectivity index (χ4n) is 4.29. The van der Waals surface area contributed by atoms with Crippen molar-refractivity contribution in [3.63, 3.8) is 0 Å². The van der Waals surface area contributed by atoms with E-state index in [-0.39, 0.29) is 5.41 Å². The molecule has 3 nitrogen and oxygen atoms in total. The highest BCUT2D eigenvalue weighted by atomic mass is 16.3. The zero-order chi connectivity index (χ0) is 16.3. The van der Waals surface area contributed by atoms with Crippen LogP contribution in [-0.2, 0) is 6.54 Å². The van der Waals surface area contributed by atoms with Crippen LogP contribution in [0.1, 0.15) is 42.4 Å². The molecule has 1 aromatic carbocycles. The number of aliphatic hydroxyl groups is 1. The van der Waals surface area contributed by atoms with E-state index in [1.165, 1.54) is 42.6 Å². The van der Waals surface area contributed by atoms with Gasteiger partial charge in [-0.2, -0.15) is 0 Å². The second kappa shape index (κ2) is 7.33. The molecule has 128 valence electrons. The number of aryl methyl sites for hydroxylation is 2. The minimum absolute atomic E-state index is 0.140. The third-order valence-electron chi connectivity index (χ3n) is 6.04. The monoisotopic (exact) mass is 316 g/mol. The van der Waals surface area contributed by atoms with E-state index >= 15 is 0 Å². The van der Waals surface area contributed by atoms with Crippen LogP contribution in [0.5, 0.6) is 0 Å². The van der Waals surface area contributed by atoms with Crippen LogP contribution in [0.3, 0.4) is 0 Å². The van der Waals surface area contributed by atoms with Crippen molar-refractivity contribution in [1.29, 1.82) is 0 Å². The predicted molar refractivity (Wildman–Crippen MR) is 95.6 cm³/mol. The molecular formula is C20H32N2O. The zero-order valence-corrected chi connectivity index (χ0v) is 14.9. The maximum absolute atomic E-state index is 10.0. The van der Waals surface area contributed by atoms with Crippen LogP contribution in [0.4, 0.5) is 0 Å². The number of nitrogens with zero attached hydrogens (tertiary/aromatic N) is 2. The molecule has 3 heteroatoms. The van der Waals surface area contributed by atoms with Gasteiger partial charge in [-0.05, 0) is 82.4 Å². The summed E-state index contributed by atoms with van der Waals surface area (Å²) in [6.45, 7) is 11.6. The fraction of sp³-hybridized carbons (Fsp3) is 0.700. The summed E-state index contributed by atoms with van der Waals surface area (Å²) >= 11 is 0. The van der Waals surface area contributed by atoms with Crippen molar-refractivity contribution in [1.82, 2.24) is 9.80 Å². The Morgan fingerprint density at radius 2 is 1.57 bits per heavy atom. The number of hydrogen-bond donors (Lipinski definition) is 1. The van der Waals surface area contributed by atoms with Crippen molar-refractivity contribution in [2.75, 3.05) is 39.3 Å². The van der Waals surface area contributed by atoms with Gasteiger partial charge in [-0.1, -0.05) is 18.2 Å². The molecule has 0 aromatic heterocycles. The Hall–Kier alpha value is -0.900. The van der Waals surface area contributed by atoms with Gasteiger partial charge < -0.3 is 10.0 Å². The first-order chi connectivity index (χ1) is 11.1. The van der Waals surface area contributed by atoms with Crippen LogP contribution >= 0.6 is 0 Å². The van der Waals surface area contributed by atoms with Gasteiger partial charge in [0.25, 0.3) is 0 Å². The maximum Gasteiger partial charge on any atom is 0.0500 e. The normalized spacial score (nSPS) is 22.6. The van der Waals surface area contributed by atoms with Crippen molar-refractivity contribution in [3.05, 3.63) is 34.9 Å². The van der Waals surface area contributed by atoms with Crippen LogP contribution < -0.4 is 0 Å². The summed E-state index contributed by atoms with van der Waals surface area (Å²) < 4.78 is 0. The average Bonchev–Trinajstić information content (AvgIpc) is 3.05. The largest absolute Gasteiger partial charge is 0.396 e. The first kappa shape index (κ1) is 16.9. The lowest BCUT2D eigenvalue weighted by Gasteiger charge is -2.43. The van der Waals surface area contributed by atoms with Crippen LogP contribution in [0.2, 0.25) is 0 Å². The van der Waals surface area contributed by atoms with Gasteiger partial charge in [0.1, 0.15) is 0 Å².